The van der Waals surface area contributed by atoms with E-state index < -0.39 is 5.92 Å². The van der Waals surface area contributed by atoms with Crippen LogP contribution >= 0.6 is 23.2 Å². The number of likely N-dealkylation sites (tertiary alicyclic amines) is 2. The van der Waals surface area contributed by atoms with Crippen molar-refractivity contribution in [1.82, 2.24) is 9.80 Å². The van der Waals surface area contributed by atoms with Crippen LogP contribution < -0.4 is 0 Å². The Bertz CT molecular complexity index is 632. The second-order valence-electron chi connectivity index (χ2n) is 7.00. The summed E-state index contributed by atoms with van der Waals surface area (Å²) in [5, 5.41) is 1.05. The number of carbonyl (C=O) groups is 1. The summed E-state index contributed by atoms with van der Waals surface area (Å²) in [6, 6.07) is 5.56. The molecule has 1 aromatic rings. The Morgan fingerprint density at radius 2 is 1.88 bits per heavy atom. The largest absolute Gasteiger partial charge is 0.342 e. The van der Waals surface area contributed by atoms with Crippen LogP contribution in [0.1, 0.15) is 31.2 Å². The second kappa shape index (κ2) is 7.77. The average Bonchev–Trinajstić information content (AvgIpc) is 2.58. The van der Waals surface area contributed by atoms with Gasteiger partial charge in [-0.15, -0.1) is 0 Å². The number of alkyl halides is 2. The Labute approximate surface area is 156 Å². The van der Waals surface area contributed by atoms with Crippen LogP contribution in [0.3, 0.4) is 0 Å². The Kier molecular flexibility index (Phi) is 5.86. The number of benzene rings is 1. The zero-order valence-corrected chi connectivity index (χ0v) is 15.5. The standard InChI is InChI=1S/C18H22Cl2F2N2O/c19-15-4-3-13(10-16(15)20)11-23-7-1-2-14(12-23)17(25)24-8-5-18(21,22)6-9-24/h3-4,10,14H,1-2,5-9,11-12H2. The molecule has 7 heteroatoms. The van der Waals surface area contributed by atoms with Crippen molar-refractivity contribution in [3.8, 4) is 0 Å². The number of amides is 1. The fraction of sp³-hybridized carbons (Fsp3) is 0.611. The third-order valence-electron chi connectivity index (χ3n) is 5.05. The number of nitrogens with zero attached hydrogens (tertiary/aromatic N) is 2. The van der Waals surface area contributed by atoms with Gasteiger partial charge in [-0.1, -0.05) is 29.3 Å². The zero-order chi connectivity index (χ0) is 18.0. The van der Waals surface area contributed by atoms with E-state index in [2.05, 4.69) is 4.90 Å². The Morgan fingerprint density at radius 3 is 2.56 bits per heavy atom. The van der Waals surface area contributed by atoms with Crippen molar-refractivity contribution in [2.45, 2.75) is 38.2 Å². The van der Waals surface area contributed by atoms with Gasteiger partial charge in [0.25, 0.3) is 5.92 Å². The monoisotopic (exact) mass is 390 g/mol. The molecule has 0 N–H and O–H groups in total. The van der Waals surface area contributed by atoms with Gasteiger partial charge in [0.2, 0.25) is 5.91 Å². The van der Waals surface area contributed by atoms with Gasteiger partial charge in [-0.2, -0.15) is 0 Å². The molecule has 0 radical (unpaired) electrons. The summed E-state index contributed by atoms with van der Waals surface area (Å²) in [5.74, 6) is -2.71. The maximum absolute atomic E-state index is 13.3. The minimum Gasteiger partial charge on any atom is -0.342 e. The fourth-order valence-electron chi connectivity index (χ4n) is 3.61. The molecule has 25 heavy (non-hydrogen) atoms. The van der Waals surface area contributed by atoms with Crippen LogP contribution in [0.15, 0.2) is 18.2 Å². The molecule has 138 valence electrons. The lowest BCUT2D eigenvalue weighted by molar-refractivity contribution is -0.143. The van der Waals surface area contributed by atoms with Crippen LogP contribution in [0.4, 0.5) is 8.78 Å². The molecule has 0 saturated carbocycles. The molecule has 1 unspecified atom stereocenters. The van der Waals surface area contributed by atoms with E-state index in [1.807, 2.05) is 12.1 Å². The van der Waals surface area contributed by atoms with Crippen LogP contribution in [-0.4, -0.2) is 47.8 Å². The van der Waals surface area contributed by atoms with E-state index in [0.29, 0.717) is 23.1 Å². The van der Waals surface area contributed by atoms with Crippen molar-refractivity contribution in [2.75, 3.05) is 26.2 Å². The molecule has 2 saturated heterocycles. The van der Waals surface area contributed by atoms with Crippen LogP contribution in [0.2, 0.25) is 10.0 Å². The third-order valence-corrected chi connectivity index (χ3v) is 5.79. The number of carbonyl (C=O) groups excluding carboxylic acids is 1. The summed E-state index contributed by atoms with van der Waals surface area (Å²) in [5.41, 5.74) is 1.06. The SMILES string of the molecule is O=C(C1CCCN(Cc2ccc(Cl)c(Cl)c2)C1)N1CCC(F)(F)CC1. The summed E-state index contributed by atoms with van der Waals surface area (Å²) in [6.07, 6.45) is 1.31. The summed E-state index contributed by atoms with van der Waals surface area (Å²) < 4.78 is 26.6. The first-order chi connectivity index (χ1) is 11.8. The van der Waals surface area contributed by atoms with Gasteiger partial charge in [0, 0.05) is 39.0 Å². The molecule has 2 fully saturated rings. The molecule has 0 aliphatic carbocycles. The predicted molar refractivity (Wildman–Crippen MR) is 95.2 cm³/mol. The summed E-state index contributed by atoms with van der Waals surface area (Å²) >= 11 is 12.0. The van der Waals surface area contributed by atoms with Gasteiger partial charge in [-0.25, -0.2) is 8.78 Å². The minimum absolute atomic E-state index is 0.0225. The van der Waals surface area contributed by atoms with Gasteiger partial charge < -0.3 is 4.90 Å². The summed E-state index contributed by atoms with van der Waals surface area (Å²) in [4.78, 5) is 16.5. The van der Waals surface area contributed by atoms with E-state index in [9.17, 15) is 13.6 Å². The number of halogens is 4. The van der Waals surface area contributed by atoms with Crippen LogP contribution in [-0.2, 0) is 11.3 Å². The molecule has 2 aliphatic heterocycles. The Balaban J connectivity index is 1.57. The first-order valence-electron chi connectivity index (χ1n) is 8.67. The summed E-state index contributed by atoms with van der Waals surface area (Å²) in [7, 11) is 0. The first kappa shape index (κ1) is 18.9. The fourth-order valence-corrected chi connectivity index (χ4v) is 3.93. The predicted octanol–water partition coefficient (Wildman–Crippen LogP) is 4.46. The van der Waals surface area contributed by atoms with Gasteiger partial charge in [0.15, 0.2) is 0 Å². The number of piperidine rings is 2. The van der Waals surface area contributed by atoms with Gasteiger partial charge in [0.1, 0.15) is 0 Å². The molecule has 0 bridgehead atoms. The van der Waals surface area contributed by atoms with E-state index in [1.165, 1.54) is 0 Å². The highest BCUT2D eigenvalue weighted by atomic mass is 35.5. The molecule has 2 aliphatic rings. The molecule has 3 nitrogen and oxygen atoms in total. The lowest BCUT2D eigenvalue weighted by Crippen LogP contribution is -2.48. The normalized spacial score (nSPS) is 24.3. The number of rotatable bonds is 3. The highest BCUT2D eigenvalue weighted by Crippen LogP contribution is 2.30. The van der Waals surface area contributed by atoms with E-state index >= 15 is 0 Å². The second-order valence-corrected chi connectivity index (χ2v) is 7.82. The highest BCUT2D eigenvalue weighted by Gasteiger charge is 2.38. The molecule has 1 aromatic carbocycles. The molecule has 2 heterocycles. The van der Waals surface area contributed by atoms with E-state index in [1.54, 1.807) is 11.0 Å². The minimum atomic E-state index is -2.62. The van der Waals surface area contributed by atoms with Crippen molar-refractivity contribution in [3.05, 3.63) is 33.8 Å². The molecule has 3 rings (SSSR count). The van der Waals surface area contributed by atoms with Crippen LogP contribution in [0.5, 0.6) is 0 Å². The van der Waals surface area contributed by atoms with Crippen molar-refractivity contribution in [1.29, 1.82) is 0 Å². The molecular weight excluding hydrogens is 369 g/mol. The van der Waals surface area contributed by atoms with Gasteiger partial charge in [-0.3, -0.25) is 9.69 Å². The van der Waals surface area contributed by atoms with Gasteiger partial charge >= 0.3 is 0 Å². The quantitative estimate of drug-likeness (QED) is 0.760. The zero-order valence-electron chi connectivity index (χ0n) is 14.0. The van der Waals surface area contributed by atoms with Crippen LogP contribution in [0.25, 0.3) is 0 Å². The van der Waals surface area contributed by atoms with E-state index in [-0.39, 0.29) is 37.8 Å². The molecular formula is C18H22Cl2F2N2O. The van der Waals surface area contributed by atoms with Crippen molar-refractivity contribution >= 4 is 29.1 Å². The lowest BCUT2D eigenvalue weighted by Gasteiger charge is -2.37. The summed E-state index contributed by atoms with van der Waals surface area (Å²) in [6.45, 7) is 2.61. The van der Waals surface area contributed by atoms with Crippen molar-refractivity contribution < 1.29 is 13.6 Å². The topological polar surface area (TPSA) is 23.6 Å². The maximum Gasteiger partial charge on any atom is 0.251 e. The Morgan fingerprint density at radius 1 is 1.16 bits per heavy atom. The number of hydrogen-bond acceptors (Lipinski definition) is 2. The lowest BCUT2D eigenvalue weighted by atomic mass is 9.94. The van der Waals surface area contributed by atoms with Crippen LogP contribution in [0, 0.1) is 5.92 Å². The Hall–Kier alpha value is -0.910. The third kappa shape index (κ3) is 4.83. The average molecular weight is 391 g/mol. The van der Waals surface area contributed by atoms with Crippen molar-refractivity contribution in [3.63, 3.8) is 0 Å². The molecule has 1 amide bonds. The van der Waals surface area contributed by atoms with E-state index in [4.69, 9.17) is 23.2 Å². The maximum atomic E-state index is 13.3. The van der Waals surface area contributed by atoms with Crippen molar-refractivity contribution in [2.24, 2.45) is 5.92 Å². The molecule has 0 spiro atoms. The molecule has 0 aromatic heterocycles. The first-order valence-corrected chi connectivity index (χ1v) is 9.42. The molecule has 1 atom stereocenters. The van der Waals surface area contributed by atoms with Gasteiger partial charge in [-0.05, 0) is 37.1 Å². The highest BCUT2D eigenvalue weighted by molar-refractivity contribution is 6.42. The van der Waals surface area contributed by atoms with Gasteiger partial charge in [0.05, 0.1) is 16.0 Å². The smallest absolute Gasteiger partial charge is 0.251 e. The van der Waals surface area contributed by atoms with E-state index in [0.717, 1.165) is 24.9 Å². The number of hydrogen-bond donors (Lipinski definition) is 0.